The third-order valence-electron chi connectivity index (χ3n) is 6.18. The van der Waals surface area contributed by atoms with E-state index in [1.807, 2.05) is 17.9 Å². The summed E-state index contributed by atoms with van der Waals surface area (Å²) in [5, 5.41) is 0. The average Bonchev–Trinajstić information content (AvgIpc) is 3.29. The number of amides is 3. The van der Waals surface area contributed by atoms with Gasteiger partial charge in [-0.15, -0.1) is 0 Å². The third-order valence-corrected chi connectivity index (χ3v) is 6.18. The summed E-state index contributed by atoms with van der Waals surface area (Å²) in [6, 6.07) is 5.99. The van der Waals surface area contributed by atoms with Gasteiger partial charge >= 0.3 is 0 Å². The molecule has 2 aliphatic heterocycles. The number of rotatable bonds is 4. The molecule has 2 heterocycles. The van der Waals surface area contributed by atoms with Crippen LogP contribution in [0.1, 0.15) is 58.4 Å². The molecule has 1 saturated carbocycles. The van der Waals surface area contributed by atoms with Crippen LogP contribution in [0, 0.1) is 6.92 Å². The van der Waals surface area contributed by atoms with Crippen LogP contribution in [-0.4, -0.2) is 71.2 Å². The van der Waals surface area contributed by atoms with Crippen molar-refractivity contribution in [3.63, 3.8) is 0 Å². The second kappa shape index (κ2) is 7.43. The monoisotopic (exact) mass is 369 g/mol. The van der Waals surface area contributed by atoms with E-state index in [9.17, 15) is 14.4 Å². The largest absolute Gasteiger partial charge is 0.340 e. The highest BCUT2D eigenvalue weighted by atomic mass is 16.2. The number of carbonyl (C=O) groups is 3. The van der Waals surface area contributed by atoms with E-state index in [4.69, 9.17) is 0 Å². The van der Waals surface area contributed by atoms with Crippen LogP contribution in [0.3, 0.4) is 0 Å². The standard InChI is InChI=1S/C21H27N3O3/c1-15-6-7-17-18(14-15)21(27)24(20(17)26)9-8-19(25)23-12-10-22(11-13-23)16-4-2-3-5-16/h6-7,14,16H,2-5,8-13H2,1H3. The first kappa shape index (κ1) is 18.2. The lowest BCUT2D eigenvalue weighted by Gasteiger charge is -2.38. The number of hydrogen-bond donors (Lipinski definition) is 0. The first-order chi connectivity index (χ1) is 13.0. The lowest BCUT2D eigenvalue weighted by molar-refractivity contribution is -0.133. The molecule has 6 heteroatoms. The van der Waals surface area contributed by atoms with Gasteiger partial charge in [0.05, 0.1) is 11.1 Å². The molecule has 2 fully saturated rings. The molecule has 0 aromatic heterocycles. The topological polar surface area (TPSA) is 60.9 Å². The van der Waals surface area contributed by atoms with Crippen molar-refractivity contribution in [2.45, 2.75) is 45.1 Å². The summed E-state index contributed by atoms with van der Waals surface area (Å²) < 4.78 is 0. The van der Waals surface area contributed by atoms with Gasteiger partial charge in [-0.25, -0.2) is 0 Å². The van der Waals surface area contributed by atoms with E-state index in [0.717, 1.165) is 31.7 Å². The molecule has 0 spiro atoms. The number of hydrogen-bond acceptors (Lipinski definition) is 4. The molecule has 27 heavy (non-hydrogen) atoms. The molecule has 0 atom stereocenters. The zero-order chi connectivity index (χ0) is 19.0. The highest BCUT2D eigenvalue weighted by Crippen LogP contribution is 2.25. The van der Waals surface area contributed by atoms with Crippen LogP contribution in [-0.2, 0) is 4.79 Å². The van der Waals surface area contributed by atoms with Crippen molar-refractivity contribution in [2.24, 2.45) is 0 Å². The second-order valence-electron chi connectivity index (χ2n) is 7.92. The highest BCUT2D eigenvalue weighted by molar-refractivity contribution is 6.21. The maximum Gasteiger partial charge on any atom is 0.261 e. The summed E-state index contributed by atoms with van der Waals surface area (Å²) in [7, 11) is 0. The van der Waals surface area contributed by atoms with Gasteiger partial charge < -0.3 is 4.90 Å². The fourth-order valence-electron chi connectivity index (χ4n) is 4.58. The van der Waals surface area contributed by atoms with Gasteiger partial charge in [0.1, 0.15) is 0 Å². The van der Waals surface area contributed by atoms with Crippen LogP contribution >= 0.6 is 0 Å². The summed E-state index contributed by atoms with van der Waals surface area (Å²) in [6.07, 6.45) is 5.42. The van der Waals surface area contributed by atoms with Gasteiger partial charge in [0.15, 0.2) is 0 Å². The first-order valence-electron chi connectivity index (χ1n) is 10.0. The molecule has 3 amide bonds. The minimum atomic E-state index is -0.283. The van der Waals surface area contributed by atoms with Crippen LogP contribution < -0.4 is 0 Å². The second-order valence-corrected chi connectivity index (χ2v) is 7.92. The molecule has 144 valence electrons. The van der Waals surface area contributed by atoms with Crippen LogP contribution in [0.4, 0.5) is 0 Å². The zero-order valence-corrected chi connectivity index (χ0v) is 15.9. The number of carbonyl (C=O) groups excluding carboxylic acids is 3. The molecule has 4 rings (SSSR count). The predicted octanol–water partition coefficient (Wildman–Crippen LogP) is 2.07. The van der Waals surface area contributed by atoms with Gasteiger partial charge in [0.2, 0.25) is 5.91 Å². The minimum absolute atomic E-state index is 0.0359. The third kappa shape index (κ3) is 3.50. The highest BCUT2D eigenvalue weighted by Gasteiger charge is 2.36. The lowest BCUT2D eigenvalue weighted by atomic mass is 10.1. The Labute approximate surface area is 160 Å². The summed E-state index contributed by atoms with van der Waals surface area (Å²) in [5.41, 5.74) is 1.86. The average molecular weight is 369 g/mol. The van der Waals surface area contributed by atoms with Crippen molar-refractivity contribution in [3.05, 3.63) is 34.9 Å². The number of fused-ring (bicyclic) bond motifs is 1. The molecule has 1 aromatic carbocycles. The molecule has 0 bridgehead atoms. The lowest BCUT2D eigenvalue weighted by Crippen LogP contribution is -2.51. The van der Waals surface area contributed by atoms with Crippen molar-refractivity contribution < 1.29 is 14.4 Å². The van der Waals surface area contributed by atoms with E-state index in [-0.39, 0.29) is 30.7 Å². The molecule has 0 N–H and O–H groups in total. The van der Waals surface area contributed by atoms with Crippen LogP contribution in [0.5, 0.6) is 0 Å². The zero-order valence-electron chi connectivity index (χ0n) is 15.9. The summed E-state index contributed by atoms with van der Waals surface area (Å²) >= 11 is 0. The van der Waals surface area contributed by atoms with E-state index < -0.39 is 0 Å². The number of imide groups is 1. The minimum Gasteiger partial charge on any atom is -0.340 e. The molecular formula is C21H27N3O3. The van der Waals surface area contributed by atoms with Gasteiger partial charge in [-0.05, 0) is 31.9 Å². The SMILES string of the molecule is Cc1ccc2c(c1)C(=O)N(CCC(=O)N1CCN(C3CCCC3)CC1)C2=O. The molecule has 1 aromatic rings. The fourth-order valence-corrected chi connectivity index (χ4v) is 4.58. The Kier molecular flexibility index (Phi) is 5.00. The quantitative estimate of drug-likeness (QED) is 0.763. The van der Waals surface area contributed by atoms with Gasteiger partial charge in [0, 0.05) is 45.2 Å². The number of nitrogens with zero attached hydrogens (tertiary/aromatic N) is 3. The van der Waals surface area contributed by atoms with Crippen molar-refractivity contribution in [1.82, 2.24) is 14.7 Å². The Bertz CT molecular complexity index is 762. The smallest absolute Gasteiger partial charge is 0.261 e. The Morgan fingerprint density at radius 3 is 2.37 bits per heavy atom. The summed E-state index contributed by atoms with van der Waals surface area (Å²) in [4.78, 5) is 43.2. The van der Waals surface area contributed by atoms with E-state index >= 15 is 0 Å². The molecule has 3 aliphatic rings. The van der Waals surface area contributed by atoms with E-state index in [2.05, 4.69) is 4.90 Å². The van der Waals surface area contributed by atoms with Gasteiger partial charge in [0.25, 0.3) is 11.8 Å². The maximum atomic E-state index is 12.6. The first-order valence-corrected chi connectivity index (χ1v) is 10.0. The fraction of sp³-hybridized carbons (Fsp3) is 0.571. The number of piperazine rings is 1. The van der Waals surface area contributed by atoms with Crippen LogP contribution in [0.25, 0.3) is 0 Å². The molecule has 1 saturated heterocycles. The van der Waals surface area contributed by atoms with E-state index in [1.165, 1.54) is 30.6 Å². The van der Waals surface area contributed by atoms with E-state index in [0.29, 0.717) is 17.2 Å². The van der Waals surface area contributed by atoms with Gasteiger partial charge in [-0.3, -0.25) is 24.2 Å². The van der Waals surface area contributed by atoms with Crippen molar-refractivity contribution >= 4 is 17.7 Å². The Morgan fingerprint density at radius 1 is 1.00 bits per heavy atom. The van der Waals surface area contributed by atoms with Crippen molar-refractivity contribution in [3.8, 4) is 0 Å². The van der Waals surface area contributed by atoms with Crippen LogP contribution in [0.15, 0.2) is 18.2 Å². The number of aryl methyl sites for hydroxylation is 1. The maximum absolute atomic E-state index is 12.6. The van der Waals surface area contributed by atoms with Crippen LogP contribution in [0.2, 0.25) is 0 Å². The normalized spacial score (nSPS) is 21.2. The Balaban J connectivity index is 1.30. The van der Waals surface area contributed by atoms with Crippen molar-refractivity contribution in [1.29, 1.82) is 0 Å². The Morgan fingerprint density at radius 2 is 1.67 bits per heavy atom. The van der Waals surface area contributed by atoms with Gasteiger partial charge in [-0.1, -0.05) is 24.5 Å². The molecule has 1 aliphatic carbocycles. The number of benzene rings is 1. The molecular weight excluding hydrogens is 342 g/mol. The Hall–Kier alpha value is -2.21. The van der Waals surface area contributed by atoms with Gasteiger partial charge in [-0.2, -0.15) is 0 Å². The molecule has 0 radical (unpaired) electrons. The predicted molar refractivity (Wildman–Crippen MR) is 102 cm³/mol. The summed E-state index contributed by atoms with van der Waals surface area (Å²) in [6.45, 7) is 5.42. The molecule has 6 nitrogen and oxygen atoms in total. The van der Waals surface area contributed by atoms with Crippen molar-refractivity contribution in [2.75, 3.05) is 32.7 Å². The molecule has 0 unspecified atom stereocenters. The summed E-state index contributed by atoms with van der Waals surface area (Å²) in [5.74, 6) is -0.528. The van der Waals surface area contributed by atoms with E-state index in [1.54, 1.807) is 12.1 Å².